The van der Waals surface area contributed by atoms with E-state index < -0.39 is 0 Å². The fraction of sp³-hybridized carbons (Fsp3) is 0.316. The Bertz CT molecular complexity index is 597. The van der Waals surface area contributed by atoms with Crippen LogP contribution in [0.15, 0.2) is 54.6 Å². The Labute approximate surface area is 137 Å². The van der Waals surface area contributed by atoms with Crippen molar-refractivity contribution in [3.05, 3.63) is 65.7 Å². The smallest absolute Gasteiger partial charge is 0.233 e. The molecule has 4 heteroatoms. The molecule has 1 atom stereocenters. The van der Waals surface area contributed by atoms with Gasteiger partial charge in [-0.15, -0.1) is 0 Å². The summed E-state index contributed by atoms with van der Waals surface area (Å²) in [5.74, 6) is 0.859. The van der Waals surface area contributed by atoms with Gasteiger partial charge in [0.05, 0.1) is 13.7 Å². The summed E-state index contributed by atoms with van der Waals surface area (Å²) in [6.07, 6.45) is 0.809. The van der Waals surface area contributed by atoms with E-state index in [1.165, 1.54) is 11.1 Å². The molecule has 0 aliphatic heterocycles. The van der Waals surface area contributed by atoms with Crippen LogP contribution in [0.2, 0.25) is 0 Å². The molecular weight excluding hydrogens is 288 g/mol. The predicted octanol–water partition coefficient (Wildman–Crippen LogP) is 2.70. The molecule has 1 unspecified atom stereocenters. The highest BCUT2D eigenvalue weighted by Gasteiger charge is 2.06. The Balaban J connectivity index is 1.66. The van der Waals surface area contributed by atoms with Gasteiger partial charge in [-0.2, -0.15) is 0 Å². The number of methoxy groups -OCH3 is 1. The normalized spacial score (nSPS) is 11.7. The first kappa shape index (κ1) is 17.0. The van der Waals surface area contributed by atoms with Crippen LogP contribution in [-0.2, 0) is 11.2 Å². The third-order valence-corrected chi connectivity index (χ3v) is 3.76. The highest BCUT2D eigenvalue weighted by molar-refractivity contribution is 5.78. The first-order valence-corrected chi connectivity index (χ1v) is 7.87. The number of rotatable bonds is 8. The Hall–Kier alpha value is -2.33. The lowest BCUT2D eigenvalue weighted by Gasteiger charge is -2.14. The van der Waals surface area contributed by atoms with E-state index in [-0.39, 0.29) is 11.9 Å². The first-order valence-electron chi connectivity index (χ1n) is 7.87. The molecule has 0 bridgehead atoms. The Morgan fingerprint density at radius 1 is 1.09 bits per heavy atom. The van der Waals surface area contributed by atoms with Crippen LogP contribution in [-0.4, -0.2) is 26.1 Å². The van der Waals surface area contributed by atoms with Crippen molar-refractivity contribution in [3.63, 3.8) is 0 Å². The molecule has 1 amide bonds. The largest absolute Gasteiger partial charge is 0.497 e. The van der Waals surface area contributed by atoms with Gasteiger partial charge < -0.3 is 15.4 Å². The molecule has 0 heterocycles. The SMILES string of the molecule is COc1ccc(CCNC(=O)CNC(C)c2ccccc2)cc1. The molecule has 4 nitrogen and oxygen atoms in total. The summed E-state index contributed by atoms with van der Waals surface area (Å²) in [7, 11) is 1.65. The van der Waals surface area contributed by atoms with E-state index in [4.69, 9.17) is 4.74 Å². The van der Waals surface area contributed by atoms with Crippen LogP contribution in [0.3, 0.4) is 0 Å². The number of benzene rings is 2. The second kappa shape index (κ2) is 8.96. The zero-order valence-corrected chi connectivity index (χ0v) is 13.7. The topological polar surface area (TPSA) is 50.4 Å². The number of carbonyl (C=O) groups is 1. The number of carbonyl (C=O) groups excluding carboxylic acids is 1. The second-order valence-electron chi connectivity index (χ2n) is 5.46. The fourth-order valence-electron chi connectivity index (χ4n) is 2.31. The molecule has 122 valence electrons. The summed E-state index contributed by atoms with van der Waals surface area (Å²) in [5, 5.41) is 6.17. The van der Waals surface area contributed by atoms with Crippen LogP contribution in [0, 0.1) is 0 Å². The van der Waals surface area contributed by atoms with Gasteiger partial charge in [-0.25, -0.2) is 0 Å². The molecule has 2 aromatic carbocycles. The minimum atomic E-state index is 0.0151. The summed E-state index contributed by atoms with van der Waals surface area (Å²) in [6, 6.07) is 18.1. The van der Waals surface area contributed by atoms with Crippen molar-refractivity contribution in [2.24, 2.45) is 0 Å². The maximum absolute atomic E-state index is 11.9. The lowest BCUT2D eigenvalue weighted by molar-refractivity contribution is -0.120. The monoisotopic (exact) mass is 312 g/mol. The van der Waals surface area contributed by atoms with Gasteiger partial charge in [0.1, 0.15) is 5.75 Å². The van der Waals surface area contributed by atoms with Gasteiger partial charge in [0.15, 0.2) is 0 Å². The Morgan fingerprint density at radius 3 is 2.43 bits per heavy atom. The van der Waals surface area contributed by atoms with Gasteiger partial charge in [0.2, 0.25) is 5.91 Å². The quantitative estimate of drug-likeness (QED) is 0.788. The van der Waals surface area contributed by atoms with Gasteiger partial charge in [-0.1, -0.05) is 42.5 Å². The van der Waals surface area contributed by atoms with Gasteiger partial charge in [-0.05, 0) is 36.6 Å². The van der Waals surface area contributed by atoms with E-state index in [1.54, 1.807) is 7.11 Å². The summed E-state index contributed by atoms with van der Waals surface area (Å²) in [5.41, 5.74) is 2.36. The molecule has 0 radical (unpaired) electrons. The van der Waals surface area contributed by atoms with E-state index in [0.717, 1.165) is 12.2 Å². The highest BCUT2D eigenvalue weighted by Crippen LogP contribution is 2.11. The van der Waals surface area contributed by atoms with E-state index in [1.807, 2.05) is 42.5 Å². The van der Waals surface area contributed by atoms with Gasteiger partial charge in [0, 0.05) is 12.6 Å². The number of hydrogen-bond acceptors (Lipinski definition) is 3. The molecule has 0 spiro atoms. The number of amides is 1. The van der Waals surface area contributed by atoms with Crippen LogP contribution in [0.5, 0.6) is 5.75 Å². The maximum atomic E-state index is 11.9. The molecule has 0 saturated carbocycles. The minimum absolute atomic E-state index is 0.0151. The third kappa shape index (κ3) is 5.75. The second-order valence-corrected chi connectivity index (χ2v) is 5.46. The summed E-state index contributed by atoms with van der Waals surface area (Å²) >= 11 is 0. The minimum Gasteiger partial charge on any atom is -0.497 e. The van der Waals surface area contributed by atoms with Crippen molar-refractivity contribution in [1.82, 2.24) is 10.6 Å². The van der Waals surface area contributed by atoms with Crippen LogP contribution >= 0.6 is 0 Å². The Morgan fingerprint density at radius 2 is 1.78 bits per heavy atom. The lowest BCUT2D eigenvalue weighted by Crippen LogP contribution is -2.36. The lowest BCUT2D eigenvalue weighted by atomic mass is 10.1. The van der Waals surface area contributed by atoms with Crippen molar-refractivity contribution < 1.29 is 9.53 Å². The standard InChI is InChI=1S/C19H24N2O2/c1-15(17-6-4-3-5-7-17)21-14-19(22)20-13-12-16-8-10-18(23-2)11-9-16/h3-11,15,21H,12-14H2,1-2H3,(H,20,22). The van der Waals surface area contributed by atoms with Gasteiger partial charge in [-0.3, -0.25) is 4.79 Å². The summed E-state index contributed by atoms with van der Waals surface area (Å²) < 4.78 is 5.12. The van der Waals surface area contributed by atoms with Gasteiger partial charge >= 0.3 is 0 Å². The molecule has 0 aromatic heterocycles. The van der Waals surface area contributed by atoms with Gasteiger partial charge in [0.25, 0.3) is 0 Å². The predicted molar refractivity (Wildman–Crippen MR) is 92.6 cm³/mol. The average Bonchev–Trinajstić information content (AvgIpc) is 2.61. The molecule has 0 saturated heterocycles. The zero-order valence-electron chi connectivity index (χ0n) is 13.7. The number of hydrogen-bond donors (Lipinski definition) is 2. The molecule has 2 N–H and O–H groups in total. The summed E-state index contributed by atoms with van der Waals surface area (Å²) in [6.45, 7) is 3.01. The van der Waals surface area contributed by atoms with Crippen molar-refractivity contribution in [2.45, 2.75) is 19.4 Å². The molecule has 2 rings (SSSR count). The third-order valence-electron chi connectivity index (χ3n) is 3.76. The van der Waals surface area contributed by atoms with Crippen LogP contribution < -0.4 is 15.4 Å². The van der Waals surface area contributed by atoms with Crippen LogP contribution in [0.4, 0.5) is 0 Å². The van der Waals surface area contributed by atoms with Crippen LogP contribution in [0.25, 0.3) is 0 Å². The molecule has 23 heavy (non-hydrogen) atoms. The number of nitrogens with one attached hydrogen (secondary N) is 2. The van der Waals surface area contributed by atoms with Crippen LogP contribution in [0.1, 0.15) is 24.1 Å². The highest BCUT2D eigenvalue weighted by atomic mass is 16.5. The Kier molecular flexibility index (Phi) is 6.63. The van der Waals surface area contributed by atoms with E-state index in [0.29, 0.717) is 13.1 Å². The van der Waals surface area contributed by atoms with Crippen molar-refractivity contribution in [3.8, 4) is 5.75 Å². The fourth-order valence-corrected chi connectivity index (χ4v) is 2.31. The molecule has 0 aliphatic carbocycles. The summed E-state index contributed by atoms with van der Waals surface area (Å²) in [4.78, 5) is 11.9. The molecular formula is C19H24N2O2. The van der Waals surface area contributed by atoms with E-state index in [9.17, 15) is 4.79 Å². The average molecular weight is 312 g/mol. The molecule has 0 aliphatic rings. The number of ether oxygens (including phenoxy) is 1. The van der Waals surface area contributed by atoms with Crippen molar-refractivity contribution >= 4 is 5.91 Å². The van der Waals surface area contributed by atoms with Crippen molar-refractivity contribution in [1.29, 1.82) is 0 Å². The molecule has 2 aromatic rings. The van der Waals surface area contributed by atoms with E-state index >= 15 is 0 Å². The maximum Gasteiger partial charge on any atom is 0.233 e. The zero-order chi connectivity index (χ0) is 16.5. The van der Waals surface area contributed by atoms with E-state index in [2.05, 4.69) is 29.7 Å². The van der Waals surface area contributed by atoms with Crippen molar-refractivity contribution in [2.75, 3.05) is 20.2 Å². The first-order chi connectivity index (χ1) is 11.2. The molecule has 0 fully saturated rings.